The molecule has 2 heterocycles. The predicted molar refractivity (Wildman–Crippen MR) is 99.5 cm³/mol. The largest absolute Gasteiger partial charge is 0.457 e. The van der Waals surface area contributed by atoms with Gasteiger partial charge in [0.15, 0.2) is 0 Å². The number of carbonyl (C=O) groups excluding carboxylic acids is 1. The second kappa shape index (κ2) is 7.66. The molecule has 2 aromatic carbocycles. The Labute approximate surface area is 166 Å². The Kier molecular flexibility index (Phi) is 5.20. The van der Waals surface area contributed by atoms with E-state index in [1.54, 1.807) is 11.1 Å². The van der Waals surface area contributed by atoms with Crippen LogP contribution in [0.1, 0.15) is 16.7 Å². The molecule has 1 fully saturated rings. The SMILES string of the molecule is NNN1CC(C(=O)N2CCc3ccc(Oc4ccc(C(F)(F)F)cc4)cc3C2)C1. The normalized spacial score (nSPS) is 17.6. The third-order valence-electron chi connectivity index (χ3n) is 5.33. The molecule has 1 amide bonds. The minimum atomic E-state index is -4.38. The second-order valence-electron chi connectivity index (χ2n) is 7.30. The number of benzene rings is 2. The average molecular weight is 406 g/mol. The van der Waals surface area contributed by atoms with Gasteiger partial charge in [-0.15, -0.1) is 0 Å². The van der Waals surface area contributed by atoms with Crippen LogP contribution in [0.15, 0.2) is 42.5 Å². The fraction of sp³-hybridized carbons (Fsp3) is 0.350. The summed E-state index contributed by atoms with van der Waals surface area (Å²) < 4.78 is 43.8. The Balaban J connectivity index is 1.43. The molecular weight excluding hydrogens is 385 g/mol. The number of alkyl halides is 3. The van der Waals surface area contributed by atoms with Crippen molar-refractivity contribution in [2.24, 2.45) is 11.8 Å². The Hall–Kier alpha value is -2.62. The Morgan fingerprint density at radius 2 is 1.76 bits per heavy atom. The molecule has 0 atom stereocenters. The summed E-state index contributed by atoms with van der Waals surface area (Å²) in [4.78, 5) is 14.5. The highest BCUT2D eigenvalue weighted by Crippen LogP contribution is 2.32. The molecule has 154 valence electrons. The first kappa shape index (κ1) is 19.7. The van der Waals surface area contributed by atoms with E-state index in [4.69, 9.17) is 10.6 Å². The number of nitrogens with two attached hydrogens (primary N) is 1. The molecule has 1 saturated heterocycles. The lowest BCUT2D eigenvalue weighted by atomic mass is 9.95. The molecular formula is C20H21F3N4O2. The van der Waals surface area contributed by atoms with E-state index in [-0.39, 0.29) is 11.8 Å². The molecule has 6 nitrogen and oxygen atoms in total. The van der Waals surface area contributed by atoms with Crippen LogP contribution in [-0.2, 0) is 23.9 Å². The van der Waals surface area contributed by atoms with E-state index in [0.717, 1.165) is 29.7 Å². The summed E-state index contributed by atoms with van der Waals surface area (Å²) in [6.07, 6.45) is -3.62. The molecule has 0 bridgehead atoms. The van der Waals surface area contributed by atoms with E-state index in [2.05, 4.69) is 5.53 Å². The van der Waals surface area contributed by atoms with Crippen molar-refractivity contribution in [3.8, 4) is 11.5 Å². The van der Waals surface area contributed by atoms with Crippen LogP contribution in [0.5, 0.6) is 11.5 Å². The quantitative estimate of drug-likeness (QED) is 0.604. The fourth-order valence-electron chi connectivity index (χ4n) is 3.63. The minimum absolute atomic E-state index is 0.0563. The maximum Gasteiger partial charge on any atom is 0.416 e. The Morgan fingerprint density at radius 1 is 1.07 bits per heavy atom. The van der Waals surface area contributed by atoms with Gasteiger partial charge in [0.25, 0.3) is 0 Å². The van der Waals surface area contributed by atoms with Crippen LogP contribution in [0.3, 0.4) is 0 Å². The number of halogens is 3. The van der Waals surface area contributed by atoms with Crippen LogP contribution in [0, 0.1) is 5.92 Å². The van der Waals surface area contributed by atoms with Gasteiger partial charge >= 0.3 is 6.18 Å². The maximum absolute atomic E-state index is 12.7. The van der Waals surface area contributed by atoms with E-state index in [1.807, 2.05) is 17.0 Å². The molecule has 0 aliphatic carbocycles. The van der Waals surface area contributed by atoms with Crippen molar-refractivity contribution < 1.29 is 22.7 Å². The molecule has 0 saturated carbocycles. The van der Waals surface area contributed by atoms with Gasteiger partial charge in [-0.05, 0) is 53.9 Å². The number of rotatable bonds is 4. The van der Waals surface area contributed by atoms with Gasteiger partial charge in [-0.25, -0.2) is 5.01 Å². The Morgan fingerprint density at radius 3 is 2.41 bits per heavy atom. The van der Waals surface area contributed by atoms with Crippen molar-refractivity contribution in [1.82, 2.24) is 15.4 Å². The summed E-state index contributed by atoms with van der Waals surface area (Å²) in [5.41, 5.74) is 3.95. The van der Waals surface area contributed by atoms with Crippen molar-refractivity contribution in [2.45, 2.75) is 19.1 Å². The number of nitrogens with zero attached hydrogens (tertiary/aromatic N) is 2. The van der Waals surface area contributed by atoms with Gasteiger partial charge in [0.05, 0.1) is 11.5 Å². The molecule has 0 aromatic heterocycles. The molecule has 3 N–H and O–H groups in total. The molecule has 2 aliphatic rings. The van der Waals surface area contributed by atoms with Gasteiger partial charge in [-0.2, -0.15) is 18.7 Å². The summed E-state index contributed by atoms with van der Waals surface area (Å²) in [7, 11) is 0. The Bertz CT molecular complexity index is 896. The zero-order valence-electron chi connectivity index (χ0n) is 15.6. The second-order valence-corrected chi connectivity index (χ2v) is 7.30. The highest BCUT2D eigenvalue weighted by Gasteiger charge is 2.36. The summed E-state index contributed by atoms with van der Waals surface area (Å²) in [6.45, 7) is 2.34. The molecule has 2 aliphatic heterocycles. The number of ether oxygens (including phenoxy) is 1. The van der Waals surface area contributed by atoms with Crippen molar-refractivity contribution >= 4 is 5.91 Å². The van der Waals surface area contributed by atoms with Crippen molar-refractivity contribution in [1.29, 1.82) is 0 Å². The maximum atomic E-state index is 12.7. The predicted octanol–water partition coefficient (Wildman–Crippen LogP) is 2.69. The first-order valence-electron chi connectivity index (χ1n) is 9.30. The molecule has 4 rings (SSSR count). The van der Waals surface area contributed by atoms with Gasteiger partial charge in [0.2, 0.25) is 5.91 Å². The van der Waals surface area contributed by atoms with Crippen LogP contribution in [-0.4, -0.2) is 35.5 Å². The topological polar surface area (TPSA) is 70.8 Å². The van der Waals surface area contributed by atoms with Gasteiger partial charge in [0, 0.05) is 26.2 Å². The van der Waals surface area contributed by atoms with Crippen LogP contribution in [0.25, 0.3) is 0 Å². The van der Waals surface area contributed by atoms with E-state index in [0.29, 0.717) is 37.7 Å². The average Bonchev–Trinajstić information content (AvgIpc) is 2.66. The molecule has 0 unspecified atom stereocenters. The van der Waals surface area contributed by atoms with Crippen LogP contribution >= 0.6 is 0 Å². The third-order valence-corrected chi connectivity index (χ3v) is 5.33. The van der Waals surface area contributed by atoms with E-state index in [1.165, 1.54) is 12.1 Å². The number of hydrogen-bond donors (Lipinski definition) is 2. The van der Waals surface area contributed by atoms with Crippen molar-refractivity contribution in [3.05, 3.63) is 59.2 Å². The van der Waals surface area contributed by atoms with Crippen LogP contribution in [0.2, 0.25) is 0 Å². The lowest BCUT2D eigenvalue weighted by Gasteiger charge is -2.40. The zero-order valence-corrected chi connectivity index (χ0v) is 15.6. The van der Waals surface area contributed by atoms with E-state index < -0.39 is 11.7 Å². The highest BCUT2D eigenvalue weighted by molar-refractivity contribution is 5.80. The van der Waals surface area contributed by atoms with E-state index in [9.17, 15) is 18.0 Å². The highest BCUT2D eigenvalue weighted by atomic mass is 19.4. The number of hydrogen-bond acceptors (Lipinski definition) is 5. The van der Waals surface area contributed by atoms with Crippen molar-refractivity contribution in [2.75, 3.05) is 19.6 Å². The number of hydrazine groups is 2. The first-order valence-corrected chi connectivity index (χ1v) is 9.30. The molecule has 9 heteroatoms. The number of amides is 1. The lowest BCUT2D eigenvalue weighted by molar-refractivity contribution is -0.143. The molecule has 29 heavy (non-hydrogen) atoms. The third kappa shape index (κ3) is 4.21. The number of fused-ring (bicyclic) bond motifs is 1. The van der Waals surface area contributed by atoms with Gasteiger partial charge in [-0.1, -0.05) is 6.07 Å². The standard InChI is InChI=1S/C20H21F3N4O2/c21-20(22,23)16-2-5-17(6-3-16)29-18-4-1-13-7-8-26(10-14(13)9-18)19(28)15-11-27(12-15)25-24/h1-6,9,15,25H,7-8,10-12,24H2. The summed E-state index contributed by atoms with van der Waals surface area (Å²) >= 11 is 0. The summed E-state index contributed by atoms with van der Waals surface area (Å²) in [6, 6.07) is 10.2. The van der Waals surface area contributed by atoms with Gasteiger partial charge in [-0.3, -0.25) is 10.6 Å². The smallest absolute Gasteiger partial charge is 0.416 e. The van der Waals surface area contributed by atoms with Crippen LogP contribution < -0.4 is 16.1 Å². The number of nitrogens with one attached hydrogen (secondary N) is 1. The summed E-state index contributed by atoms with van der Waals surface area (Å²) in [5, 5.41) is 1.77. The fourth-order valence-corrected chi connectivity index (χ4v) is 3.63. The summed E-state index contributed by atoms with van der Waals surface area (Å²) in [5.74, 6) is 6.23. The number of carbonyl (C=O) groups is 1. The first-order chi connectivity index (χ1) is 13.8. The molecule has 2 aromatic rings. The minimum Gasteiger partial charge on any atom is -0.457 e. The van der Waals surface area contributed by atoms with Gasteiger partial charge < -0.3 is 9.64 Å². The van der Waals surface area contributed by atoms with Gasteiger partial charge in [0.1, 0.15) is 11.5 Å². The monoisotopic (exact) mass is 406 g/mol. The van der Waals surface area contributed by atoms with Crippen LogP contribution in [0.4, 0.5) is 13.2 Å². The van der Waals surface area contributed by atoms with Crippen molar-refractivity contribution in [3.63, 3.8) is 0 Å². The lowest BCUT2D eigenvalue weighted by Crippen LogP contribution is -2.61. The van der Waals surface area contributed by atoms with E-state index >= 15 is 0 Å². The molecule has 0 radical (unpaired) electrons. The molecule has 0 spiro atoms. The zero-order chi connectivity index (χ0) is 20.6.